The van der Waals surface area contributed by atoms with Gasteiger partial charge < -0.3 is 20.1 Å². The average Bonchev–Trinajstić information content (AvgIpc) is 3.51. The quantitative estimate of drug-likeness (QED) is 0.200. The smallest absolute Gasteiger partial charge is 0.210 e. The van der Waals surface area contributed by atoms with Crippen LogP contribution in [0, 0.1) is 13.8 Å². The van der Waals surface area contributed by atoms with Crippen LogP contribution < -0.4 is 20.1 Å². The first kappa shape index (κ1) is 26.2. The van der Waals surface area contributed by atoms with Crippen molar-refractivity contribution >= 4 is 73.6 Å². The molecule has 0 aliphatic rings. The number of thioether (sulfide) groups is 2. The summed E-state index contributed by atoms with van der Waals surface area (Å²) in [6.07, 6.45) is 0. The molecule has 0 atom stereocenters. The molecule has 2 aromatic carbocycles. The van der Waals surface area contributed by atoms with Crippen LogP contribution in [0.25, 0.3) is 0 Å². The number of rotatable bonds is 12. The highest BCUT2D eigenvalue weighted by molar-refractivity contribution is 8.03. The van der Waals surface area contributed by atoms with E-state index in [0.29, 0.717) is 21.8 Å². The third-order valence-electron chi connectivity index (χ3n) is 4.72. The third kappa shape index (κ3) is 7.09. The molecule has 0 spiro atoms. The molecule has 0 fully saturated rings. The number of carbonyl (C=O) groups is 1. The fourth-order valence-electron chi connectivity index (χ4n) is 3.03. The van der Waals surface area contributed by atoms with E-state index in [-0.39, 0.29) is 5.78 Å². The highest BCUT2D eigenvalue weighted by Gasteiger charge is 2.13. The van der Waals surface area contributed by atoms with Gasteiger partial charge in [-0.25, -0.2) is 0 Å². The molecule has 188 valence electrons. The van der Waals surface area contributed by atoms with Crippen molar-refractivity contribution in [2.75, 3.05) is 36.4 Å². The minimum Gasteiger partial charge on any atom is -0.495 e. The zero-order chi connectivity index (χ0) is 25.5. The summed E-state index contributed by atoms with van der Waals surface area (Å²) in [5.74, 6) is 2.15. The molecular formula is C23H24N6O3S4. The molecule has 0 saturated heterocycles. The fraction of sp³-hybridized carbons (Fsp3) is 0.261. The second-order valence-electron chi connectivity index (χ2n) is 7.52. The van der Waals surface area contributed by atoms with E-state index in [1.165, 1.54) is 46.2 Å². The average molecular weight is 561 g/mol. The van der Waals surface area contributed by atoms with Gasteiger partial charge in [0.2, 0.25) is 10.3 Å². The summed E-state index contributed by atoms with van der Waals surface area (Å²) in [5, 5.41) is 24.5. The Kier molecular flexibility index (Phi) is 9.02. The molecule has 4 rings (SSSR count). The van der Waals surface area contributed by atoms with Gasteiger partial charge in [0.25, 0.3) is 0 Å². The molecule has 0 amide bonds. The number of ether oxygens (including phenoxy) is 2. The number of anilines is 4. The van der Waals surface area contributed by atoms with Crippen LogP contribution in [-0.4, -0.2) is 51.9 Å². The maximum Gasteiger partial charge on any atom is 0.210 e. The summed E-state index contributed by atoms with van der Waals surface area (Å²) in [6, 6.07) is 11.7. The summed E-state index contributed by atoms with van der Waals surface area (Å²) >= 11 is 5.53. The first-order chi connectivity index (χ1) is 17.4. The summed E-state index contributed by atoms with van der Waals surface area (Å²) in [6.45, 7) is 4.02. The Labute approximate surface area is 225 Å². The Morgan fingerprint density at radius 3 is 1.64 bits per heavy atom. The lowest BCUT2D eigenvalue weighted by atomic mass is 10.2. The number of ketones is 1. The second-order valence-corrected chi connectivity index (χ2v) is 11.9. The first-order valence-electron chi connectivity index (χ1n) is 10.7. The zero-order valence-electron chi connectivity index (χ0n) is 20.0. The van der Waals surface area contributed by atoms with E-state index in [0.717, 1.165) is 42.7 Å². The minimum absolute atomic E-state index is 0.0834. The van der Waals surface area contributed by atoms with Gasteiger partial charge in [0.1, 0.15) is 11.5 Å². The van der Waals surface area contributed by atoms with Crippen molar-refractivity contribution in [2.45, 2.75) is 22.5 Å². The van der Waals surface area contributed by atoms with Crippen molar-refractivity contribution in [1.82, 2.24) is 20.4 Å². The lowest BCUT2D eigenvalue weighted by molar-refractivity contribution is -0.114. The normalized spacial score (nSPS) is 10.8. The van der Waals surface area contributed by atoms with Crippen molar-refractivity contribution < 1.29 is 14.3 Å². The Hall–Kier alpha value is -2.87. The maximum atomic E-state index is 12.4. The lowest BCUT2D eigenvalue weighted by Gasteiger charge is -2.09. The van der Waals surface area contributed by atoms with Gasteiger partial charge in [-0.05, 0) is 49.2 Å². The number of benzene rings is 2. The van der Waals surface area contributed by atoms with E-state index in [9.17, 15) is 4.79 Å². The molecule has 0 aliphatic carbocycles. The predicted octanol–water partition coefficient (Wildman–Crippen LogP) is 5.96. The molecule has 36 heavy (non-hydrogen) atoms. The molecule has 0 aliphatic heterocycles. The number of aromatic nitrogens is 4. The van der Waals surface area contributed by atoms with Gasteiger partial charge in [-0.2, -0.15) is 0 Å². The molecule has 0 saturated carbocycles. The van der Waals surface area contributed by atoms with Crippen molar-refractivity contribution in [1.29, 1.82) is 0 Å². The summed E-state index contributed by atoms with van der Waals surface area (Å²) in [5.41, 5.74) is 3.86. The third-order valence-corrected chi connectivity index (χ3v) is 8.78. The van der Waals surface area contributed by atoms with Gasteiger partial charge in [-0.1, -0.05) is 58.3 Å². The van der Waals surface area contributed by atoms with Gasteiger partial charge in [0, 0.05) is 0 Å². The zero-order valence-corrected chi connectivity index (χ0v) is 23.3. The van der Waals surface area contributed by atoms with Crippen LogP contribution in [0.4, 0.5) is 21.6 Å². The van der Waals surface area contributed by atoms with Gasteiger partial charge >= 0.3 is 0 Å². The van der Waals surface area contributed by atoms with E-state index in [1.807, 2.05) is 50.2 Å². The van der Waals surface area contributed by atoms with Crippen LogP contribution in [-0.2, 0) is 4.79 Å². The van der Waals surface area contributed by atoms with Gasteiger partial charge in [-0.3, -0.25) is 4.79 Å². The summed E-state index contributed by atoms with van der Waals surface area (Å²) < 4.78 is 12.2. The molecule has 9 nitrogen and oxygen atoms in total. The predicted molar refractivity (Wildman–Crippen MR) is 148 cm³/mol. The number of carbonyl (C=O) groups excluding carboxylic acids is 1. The summed E-state index contributed by atoms with van der Waals surface area (Å²) in [7, 11) is 3.25. The van der Waals surface area contributed by atoms with E-state index in [2.05, 4.69) is 31.0 Å². The Morgan fingerprint density at radius 2 is 1.22 bits per heavy atom. The van der Waals surface area contributed by atoms with Crippen molar-refractivity contribution in [3.8, 4) is 11.5 Å². The molecule has 0 unspecified atom stereocenters. The van der Waals surface area contributed by atoms with Crippen LogP contribution in [0.3, 0.4) is 0 Å². The molecule has 4 aromatic rings. The van der Waals surface area contributed by atoms with Crippen molar-refractivity contribution in [3.05, 3.63) is 47.5 Å². The molecule has 0 radical (unpaired) electrons. The highest BCUT2D eigenvalue weighted by atomic mass is 32.2. The van der Waals surface area contributed by atoms with Crippen LogP contribution in [0.1, 0.15) is 11.1 Å². The lowest BCUT2D eigenvalue weighted by Crippen LogP contribution is -2.04. The topological polar surface area (TPSA) is 111 Å². The number of hydrogen-bond donors (Lipinski definition) is 2. The van der Waals surface area contributed by atoms with Crippen LogP contribution in [0.2, 0.25) is 0 Å². The molecular weight excluding hydrogens is 537 g/mol. The number of aryl methyl sites for hydroxylation is 2. The van der Waals surface area contributed by atoms with Crippen LogP contribution in [0.5, 0.6) is 11.5 Å². The number of hydrogen-bond acceptors (Lipinski definition) is 13. The first-order valence-corrected chi connectivity index (χ1v) is 14.3. The largest absolute Gasteiger partial charge is 0.495 e. The SMILES string of the molecule is COc1ccc(C)cc1Nc1nnc(SCC(=O)CSc2nnc(Nc3cc(C)ccc3OC)s2)s1. The van der Waals surface area contributed by atoms with E-state index >= 15 is 0 Å². The summed E-state index contributed by atoms with van der Waals surface area (Å²) in [4.78, 5) is 12.4. The van der Waals surface area contributed by atoms with E-state index < -0.39 is 0 Å². The molecule has 2 aromatic heterocycles. The fourth-order valence-corrected chi connectivity index (χ4v) is 6.41. The Morgan fingerprint density at radius 1 is 0.778 bits per heavy atom. The van der Waals surface area contributed by atoms with E-state index in [4.69, 9.17) is 9.47 Å². The minimum atomic E-state index is 0.0834. The number of nitrogens with zero attached hydrogens (tertiary/aromatic N) is 4. The van der Waals surface area contributed by atoms with E-state index in [1.54, 1.807) is 14.2 Å². The Balaban J connectivity index is 1.25. The van der Waals surface area contributed by atoms with Crippen molar-refractivity contribution in [3.63, 3.8) is 0 Å². The molecule has 13 heteroatoms. The number of Topliss-reactive ketones (excluding diaryl/α,β-unsaturated/α-hetero) is 1. The second kappa shape index (κ2) is 12.4. The van der Waals surface area contributed by atoms with Crippen molar-refractivity contribution in [2.24, 2.45) is 0 Å². The van der Waals surface area contributed by atoms with Crippen LogP contribution >= 0.6 is 46.2 Å². The number of nitrogens with one attached hydrogen (secondary N) is 2. The van der Waals surface area contributed by atoms with Gasteiger partial charge in [-0.15, -0.1) is 20.4 Å². The monoisotopic (exact) mass is 560 g/mol. The number of methoxy groups -OCH3 is 2. The highest BCUT2D eigenvalue weighted by Crippen LogP contribution is 2.34. The van der Waals surface area contributed by atoms with Crippen LogP contribution in [0.15, 0.2) is 45.1 Å². The Bertz CT molecular complexity index is 1240. The molecule has 0 bridgehead atoms. The molecule has 2 N–H and O–H groups in total. The van der Waals surface area contributed by atoms with Gasteiger partial charge in [0.15, 0.2) is 14.5 Å². The standard InChI is InChI=1S/C23H24N6O3S4/c1-13-5-7-18(31-3)16(9-13)24-20-26-28-22(35-20)33-11-15(30)12-34-23-29-27-21(36-23)25-17-10-14(2)6-8-19(17)32-4/h5-10H,11-12H2,1-4H3,(H,24,26)(H,25,27). The maximum absolute atomic E-state index is 12.4. The molecule has 2 heterocycles. The van der Waals surface area contributed by atoms with Gasteiger partial charge in [0.05, 0.1) is 37.1 Å².